The summed E-state index contributed by atoms with van der Waals surface area (Å²) in [6.45, 7) is 20.4. The smallest absolute Gasteiger partial charge is 0.410 e. The molecule has 3 amide bonds. The van der Waals surface area contributed by atoms with Crippen LogP contribution in [-0.4, -0.2) is 90.7 Å². The first-order valence-corrected chi connectivity index (χ1v) is 24.8. The van der Waals surface area contributed by atoms with Gasteiger partial charge in [-0.1, -0.05) is 113 Å². The van der Waals surface area contributed by atoms with Crippen LogP contribution in [0.3, 0.4) is 0 Å². The molecule has 4 heterocycles. The fourth-order valence-electron chi connectivity index (χ4n) is 8.84. The van der Waals surface area contributed by atoms with Gasteiger partial charge in [-0.3, -0.25) is 9.59 Å². The molecule has 6 aromatic rings. The number of thiazole rings is 2. The number of carbonyl (C=O) groups excluding carboxylic acids is 3. The quantitative estimate of drug-likeness (QED) is 0.110. The molecule has 2 atom stereocenters. The van der Waals surface area contributed by atoms with Gasteiger partial charge >= 0.3 is 6.09 Å². The first-order valence-electron chi connectivity index (χ1n) is 23.0. The van der Waals surface area contributed by atoms with Gasteiger partial charge in [0.05, 0.1) is 10.8 Å². The maximum atomic E-state index is 13.4. The van der Waals surface area contributed by atoms with Crippen LogP contribution in [0.15, 0.2) is 132 Å². The van der Waals surface area contributed by atoms with Gasteiger partial charge in [-0.2, -0.15) is 0 Å². The summed E-state index contributed by atoms with van der Waals surface area (Å²) in [6.07, 6.45) is 3.14. The van der Waals surface area contributed by atoms with Crippen molar-refractivity contribution in [2.75, 3.05) is 72.8 Å². The molecule has 352 valence electrons. The van der Waals surface area contributed by atoms with Crippen LogP contribution in [0, 0.1) is 10.8 Å². The van der Waals surface area contributed by atoms with E-state index in [4.69, 9.17) is 4.74 Å². The van der Waals surface area contributed by atoms with E-state index < -0.39 is 16.4 Å². The van der Waals surface area contributed by atoms with Crippen molar-refractivity contribution < 1.29 is 19.1 Å². The lowest BCUT2D eigenvalue weighted by Gasteiger charge is -2.37. The predicted molar refractivity (Wildman–Crippen MR) is 274 cm³/mol. The number of amides is 3. The topological polar surface area (TPSA) is 132 Å². The van der Waals surface area contributed by atoms with E-state index in [0.717, 1.165) is 67.2 Å². The third-order valence-corrected chi connectivity index (χ3v) is 13.8. The molecule has 0 saturated carbocycles. The van der Waals surface area contributed by atoms with Crippen LogP contribution >= 0.6 is 22.7 Å². The molecule has 3 N–H and O–H groups in total. The number of nitrogens with zero attached hydrogens (tertiary/aromatic N) is 5. The Morgan fingerprint density at radius 2 is 0.940 bits per heavy atom. The SMILES string of the molecule is CC(C)(C(=O)Nc1nccs1)C(c1ccccc1)c1ccc(N2CCNCC2)cc1.CC(C)(C)OC(=O)N1CCN(c2ccc(C(c3ccccc3)C(C)(C)C(=O)Nc3nccs3)cc2)CC1. The minimum absolute atomic E-state index is 0.0301. The van der Waals surface area contributed by atoms with E-state index in [1.165, 1.54) is 28.4 Å². The van der Waals surface area contributed by atoms with Crippen molar-refractivity contribution in [3.8, 4) is 0 Å². The highest BCUT2D eigenvalue weighted by molar-refractivity contribution is 7.14. The molecular formula is C53H64N8O4S2. The van der Waals surface area contributed by atoms with Crippen LogP contribution in [-0.2, 0) is 14.3 Å². The van der Waals surface area contributed by atoms with Crippen LogP contribution in [0.2, 0.25) is 0 Å². The first-order chi connectivity index (χ1) is 32.1. The number of hydrogen-bond acceptors (Lipinski definition) is 11. The average Bonchev–Trinajstić information content (AvgIpc) is 4.05. The van der Waals surface area contributed by atoms with E-state index >= 15 is 0 Å². The van der Waals surface area contributed by atoms with Gasteiger partial charge in [0.15, 0.2) is 10.3 Å². The molecule has 2 saturated heterocycles. The molecule has 0 spiro atoms. The second kappa shape index (κ2) is 21.7. The van der Waals surface area contributed by atoms with Crippen molar-refractivity contribution in [2.24, 2.45) is 10.8 Å². The molecule has 12 nitrogen and oxygen atoms in total. The van der Waals surface area contributed by atoms with Crippen molar-refractivity contribution in [2.45, 2.75) is 65.9 Å². The minimum atomic E-state index is -0.729. The van der Waals surface area contributed by atoms with Gasteiger partial charge in [0.25, 0.3) is 0 Å². The second-order valence-electron chi connectivity index (χ2n) is 19.1. The summed E-state index contributed by atoms with van der Waals surface area (Å²) >= 11 is 2.85. The Morgan fingerprint density at radius 3 is 1.31 bits per heavy atom. The molecule has 0 radical (unpaired) electrons. The number of anilines is 4. The molecule has 2 fully saturated rings. The van der Waals surface area contributed by atoms with Crippen molar-refractivity contribution in [1.82, 2.24) is 20.2 Å². The Balaban J connectivity index is 0.000000203. The maximum Gasteiger partial charge on any atom is 0.410 e. The third kappa shape index (κ3) is 12.5. The zero-order chi connectivity index (χ0) is 47.6. The Hall–Kier alpha value is -6.09. The first kappa shape index (κ1) is 48.8. The molecule has 67 heavy (non-hydrogen) atoms. The number of aromatic nitrogens is 2. The Morgan fingerprint density at radius 1 is 0.552 bits per heavy atom. The second-order valence-corrected chi connectivity index (χ2v) is 20.9. The summed E-state index contributed by atoms with van der Waals surface area (Å²) in [5, 5.41) is 14.3. The van der Waals surface area contributed by atoms with Gasteiger partial charge in [0, 0.05) is 98.7 Å². The Kier molecular flexibility index (Phi) is 15.8. The van der Waals surface area contributed by atoms with Crippen molar-refractivity contribution >= 4 is 62.2 Å². The van der Waals surface area contributed by atoms with Crippen LogP contribution in [0.4, 0.5) is 26.4 Å². The highest BCUT2D eigenvalue weighted by Gasteiger charge is 2.41. The van der Waals surface area contributed by atoms with Crippen LogP contribution in [0.1, 0.15) is 82.6 Å². The van der Waals surface area contributed by atoms with E-state index in [0.29, 0.717) is 23.4 Å². The monoisotopic (exact) mass is 940 g/mol. The van der Waals surface area contributed by atoms with Gasteiger partial charge in [-0.15, -0.1) is 22.7 Å². The summed E-state index contributed by atoms with van der Waals surface area (Å²) in [4.78, 5) is 54.0. The van der Waals surface area contributed by atoms with Gasteiger partial charge in [-0.05, 0) is 67.3 Å². The fraction of sp³-hybridized carbons (Fsp3) is 0.377. The molecule has 2 aromatic heterocycles. The maximum absolute atomic E-state index is 13.4. The van der Waals surface area contributed by atoms with Crippen molar-refractivity contribution in [1.29, 1.82) is 0 Å². The normalized spacial score (nSPS) is 15.4. The summed E-state index contributed by atoms with van der Waals surface area (Å²) in [5.41, 5.74) is 4.87. The number of benzene rings is 4. The van der Waals surface area contributed by atoms with Crippen LogP contribution < -0.4 is 25.8 Å². The lowest BCUT2D eigenvalue weighted by Crippen LogP contribution is -2.50. The summed E-state index contributed by atoms with van der Waals surface area (Å²) in [7, 11) is 0. The molecule has 0 aliphatic carbocycles. The van der Waals surface area contributed by atoms with Gasteiger partial charge in [-0.25, -0.2) is 14.8 Å². The zero-order valence-corrected chi connectivity index (χ0v) is 41.3. The summed E-state index contributed by atoms with van der Waals surface area (Å²) < 4.78 is 5.52. The number of hydrogen-bond donors (Lipinski definition) is 3. The Labute approximate surface area is 403 Å². The highest BCUT2D eigenvalue weighted by Crippen LogP contribution is 2.44. The lowest BCUT2D eigenvalue weighted by atomic mass is 9.70. The van der Waals surface area contributed by atoms with Crippen molar-refractivity contribution in [3.05, 3.63) is 155 Å². The molecule has 8 rings (SSSR count). The van der Waals surface area contributed by atoms with E-state index in [1.807, 2.05) is 95.6 Å². The van der Waals surface area contributed by atoms with E-state index in [2.05, 4.69) is 109 Å². The highest BCUT2D eigenvalue weighted by atomic mass is 32.1. The lowest BCUT2D eigenvalue weighted by molar-refractivity contribution is -0.125. The number of rotatable bonds is 12. The molecule has 4 aromatic carbocycles. The van der Waals surface area contributed by atoms with E-state index in [1.54, 1.807) is 17.3 Å². The van der Waals surface area contributed by atoms with Crippen LogP contribution in [0.5, 0.6) is 0 Å². The molecule has 2 unspecified atom stereocenters. The third-order valence-electron chi connectivity index (χ3n) is 12.4. The van der Waals surface area contributed by atoms with Gasteiger partial charge in [0.1, 0.15) is 5.60 Å². The molecule has 2 aliphatic rings. The molecular weight excluding hydrogens is 877 g/mol. The number of carbonyl (C=O) groups is 3. The predicted octanol–water partition coefficient (Wildman–Crippen LogP) is 10.3. The van der Waals surface area contributed by atoms with Gasteiger partial charge in [0.2, 0.25) is 11.8 Å². The molecule has 2 aliphatic heterocycles. The average molecular weight is 941 g/mol. The minimum Gasteiger partial charge on any atom is -0.444 e. The molecule has 14 heteroatoms. The van der Waals surface area contributed by atoms with E-state index in [9.17, 15) is 14.4 Å². The number of nitrogens with one attached hydrogen (secondary N) is 3. The molecule has 0 bridgehead atoms. The number of ether oxygens (including phenoxy) is 1. The number of piperazine rings is 2. The largest absolute Gasteiger partial charge is 0.444 e. The summed E-state index contributed by atoms with van der Waals surface area (Å²) in [5.74, 6) is -0.321. The standard InChI is InChI=1S/C29H36N4O3S.C24H28N4OS/c1-28(2,3)36-27(35)33-18-16-32(17-19-33)23-13-11-22(12-14-23)24(21-9-7-6-8-10-21)29(4,5)25(34)31-26-30-15-20-37-26;1-24(2,22(29)27-23-26-14-17-30-23)21(18-6-4-3-5-7-18)19-8-10-20(11-9-19)28-15-12-25-13-16-28/h6-15,20,24H,16-19H2,1-5H3,(H,30,31,34);3-11,14,17,21,25H,12-13,15-16H2,1-2H3,(H,26,27,29). The van der Waals surface area contributed by atoms with E-state index in [-0.39, 0.29) is 29.7 Å². The van der Waals surface area contributed by atoms with Gasteiger partial charge < -0.3 is 35.4 Å². The fourth-order valence-corrected chi connectivity index (χ4v) is 9.89. The van der Waals surface area contributed by atoms with Crippen molar-refractivity contribution in [3.63, 3.8) is 0 Å². The van der Waals surface area contributed by atoms with Crippen LogP contribution in [0.25, 0.3) is 0 Å². The zero-order valence-electron chi connectivity index (χ0n) is 39.7. The summed E-state index contributed by atoms with van der Waals surface area (Å²) in [6, 6.07) is 37.6. The Bertz CT molecular complexity index is 2480.